The van der Waals surface area contributed by atoms with Crippen LogP contribution in [0.1, 0.15) is 18.9 Å². The minimum absolute atomic E-state index is 0.162. The number of aromatic nitrogens is 2. The number of benzene rings is 2. The number of likely N-dealkylation sites (N-methyl/N-ethyl adjacent to an activating group) is 1. The van der Waals surface area contributed by atoms with Gasteiger partial charge in [0.25, 0.3) is 0 Å². The summed E-state index contributed by atoms with van der Waals surface area (Å²) in [7, 11) is 1.82. The van der Waals surface area contributed by atoms with E-state index in [9.17, 15) is 4.79 Å². The Hall–Kier alpha value is -2.70. The molecule has 0 radical (unpaired) electrons. The number of anilines is 1. The van der Waals surface area contributed by atoms with E-state index < -0.39 is 0 Å². The molecule has 2 aromatic carbocycles. The van der Waals surface area contributed by atoms with E-state index in [1.54, 1.807) is 12.1 Å². The Labute approximate surface area is 156 Å². The van der Waals surface area contributed by atoms with Crippen LogP contribution in [0.2, 0.25) is 5.02 Å². The second-order valence-electron chi connectivity index (χ2n) is 5.93. The smallest absolute Gasteiger partial charge is 0.247 e. The second kappa shape index (κ2) is 8.12. The first-order valence-electron chi connectivity index (χ1n) is 8.18. The summed E-state index contributed by atoms with van der Waals surface area (Å²) in [5.74, 6) is 0.744. The van der Waals surface area contributed by atoms with E-state index >= 15 is 0 Å². The van der Waals surface area contributed by atoms with E-state index in [-0.39, 0.29) is 18.5 Å². The fraction of sp³-hybridized carbons (Fsp3) is 0.211. The molecule has 3 aromatic rings. The Morgan fingerprint density at radius 2 is 1.85 bits per heavy atom. The van der Waals surface area contributed by atoms with Crippen molar-refractivity contribution in [2.24, 2.45) is 0 Å². The van der Waals surface area contributed by atoms with Crippen molar-refractivity contribution in [2.75, 3.05) is 18.9 Å². The van der Waals surface area contributed by atoms with Gasteiger partial charge in [0.15, 0.2) is 0 Å². The first-order valence-corrected chi connectivity index (χ1v) is 8.56. The topological polar surface area (TPSA) is 71.3 Å². The van der Waals surface area contributed by atoms with Crippen molar-refractivity contribution in [3.05, 3.63) is 65.5 Å². The SMILES string of the molecule is C[C@H](c1nnc(-c2ccccc2)o1)N(C)CC(=O)Nc1ccccc1Cl. The highest BCUT2D eigenvalue weighted by molar-refractivity contribution is 6.33. The van der Waals surface area contributed by atoms with Gasteiger partial charge in [-0.3, -0.25) is 9.69 Å². The first-order chi connectivity index (χ1) is 12.5. The van der Waals surface area contributed by atoms with Crippen LogP contribution in [0.4, 0.5) is 5.69 Å². The van der Waals surface area contributed by atoms with Crippen LogP contribution in [0.5, 0.6) is 0 Å². The largest absolute Gasteiger partial charge is 0.419 e. The zero-order valence-corrected chi connectivity index (χ0v) is 15.3. The molecule has 3 rings (SSSR count). The van der Waals surface area contributed by atoms with E-state index in [2.05, 4.69) is 15.5 Å². The number of para-hydroxylation sites is 1. The van der Waals surface area contributed by atoms with E-state index in [0.29, 0.717) is 22.5 Å². The number of hydrogen-bond acceptors (Lipinski definition) is 5. The number of hydrogen-bond donors (Lipinski definition) is 1. The molecule has 1 aromatic heterocycles. The maximum absolute atomic E-state index is 12.3. The van der Waals surface area contributed by atoms with E-state index in [1.165, 1.54) is 0 Å². The molecule has 0 saturated carbocycles. The molecule has 0 spiro atoms. The van der Waals surface area contributed by atoms with Crippen molar-refractivity contribution < 1.29 is 9.21 Å². The number of nitrogens with one attached hydrogen (secondary N) is 1. The van der Waals surface area contributed by atoms with Crippen LogP contribution in [0.3, 0.4) is 0 Å². The van der Waals surface area contributed by atoms with E-state index in [0.717, 1.165) is 5.56 Å². The normalized spacial score (nSPS) is 12.2. The zero-order valence-electron chi connectivity index (χ0n) is 14.5. The third kappa shape index (κ3) is 4.28. The molecule has 0 bridgehead atoms. The lowest BCUT2D eigenvalue weighted by Gasteiger charge is -2.21. The molecular formula is C19H19ClN4O2. The number of halogens is 1. The van der Waals surface area contributed by atoms with Crippen molar-refractivity contribution in [3.63, 3.8) is 0 Å². The highest BCUT2D eigenvalue weighted by Crippen LogP contribution is 2.23. The summed E-state index contributed by atoms with van der Waals surface area (Å²) >= 11 is 6.06. The summed E-state index contributed by atoms with van der Waals surface area (Å²) in [5.41, 5.74) is 1.45. The molecule has 0 aliphatic heterocycles. The average Bonchev–Trinajstić information content (AvgIpc) is 3.14. The van der Waals surface area contributed by atoms with Crippen LogP contribution in [-0.4, -0.2) is 34.6 Å². The predicted octanol–water partition coefficient (Wildman–Crippen LogP) is 4.02. The first kappa shape index (κ1) is 18.1. The summed E-state index contributed by atoms with van der Waals surface area (Å²) in [6.07, 6.45) is 0. The minimum Gasteiger partial charge on any atom is -0.419 e. The number of nitrogens with zero attached hydrogens (tertiary/aromatic N) is 3. The Balaban J connectivity index is 1.63. The third-order valence-corrected chi connectivity index (χ3v) is 4.35. The quantitative estimate of drug-likeness (QED) is 0.709. The number of rotatable bonds is 6. The maximum atomic E-state index is 12.3. The lowest BCUT2D eigenvalue weighted by Crippen LogP contribution is -2.32. The van der Waals surface area contributed by atoms with Gasteiger partial charge in [0.2, 0.25) is 17.7 Å². The number of carbonyl (C=O) groups excluding carboxylic acids is 1. The van der Waals surface area contributed by atoms with E-state index in [1.807, 2.05) is 61.3 Å². The monoisotopic (exact) mass is 370 g/mol. The van der Waals surface area contributed by atoms with Crippen LogP contribution in [0.25, 0.3) is 11.5 Å². The van der Waals surface area contributed by atoms with Gasteiger partial charge < -0.3 is 9.73 Å². The Morgan fingerprint density at radius 3 is 2.58 bits per heavy atom. The molecule has 1 N–H and O–H groups in total. The van der Waals surface area contributed by atoms with Gasteiger partial charge in [0.05, 0.1) is 23.3 Å². The molecule has 26 heavy (non-hydrogen) atoms. The molecule has 0 fully saturated rings. The molecule has 0 unspecified atom stereocenters. The van der Waals surface area contributed by atoms with Crippen molar-refractivity contribution in [2.45, 2.75) is 13.0 Å². The van der Waals surface area contributed by atoms with Gasteiger partial charge in [-0.15, -0.1) is 10.2 Å². The Bertz CT molecular complexity index is 882. The third-order valence-electron chi connectivity index (χ3n) is 4.02. The summed E-state index contributed by atoms with van der Waals surface area (Å²) in [6.45, 7) is 2.07. The second-order valence-corrected chi connectivity index (χ2v) is 6.34. The molecule has 1 atom stereocenters. The van der Waals surface area contributed by atoms with E-state index in [4.69, 9.17) is 16.0 Å². The number of amides is 1. The molecule has 6 nitrogen and oxygen atoms in total. The highest BCUT2D eigenvalue weighted by Gasteiger charge is 2.21. The van der Waals surface area contributed by atoms with Crippen LogP contribution in [0.15, 0.2) is 59.0 Å². The van der Waals surface area contributed by atoms with Crippen molar-refractivity contribution >= 4 is 23.2 Å². The fourth-order valence-corrected chi connectivity index (χ4v) is 2.59. The van der Waals surface area contributed by atoms with Crippen molar-refractivity contribution in [1.82, 2.24) is 15.1 Å². The molecule has 1 heterocycles. The molecule has 1 amide bonds. The lowest BCUT2D eigenvalue weighted by atomic mass is 10.2. The predicted molar refractivity (Wildman–Crippen MR) is 101 cm³/mol. The van der Waals surface area contributed by atoms with Gasteiger partial charge in [-0.05, 0) is 38.2 Å². The Kier molecular flexibility index (Phi) is 5.65. The maximum Gasteiger partial charge on any atom is 0.247 e. The van der Waals surface area contributed by atoms with Crippen molar-refractivity contribution in [1.29, 1.82) is 0 Å². The summed E-state index contributed by atoms with van der Waals surface area (Å²) in [4.78, 5) is 14.1. The number of carbonyl (C=O) groups is 1. The van der Waals surface area contributed by atoms with Gasteiger partial charge in [0, 0.05) is 5.56 Å². The highest BCUT2D eigenvalue weighted by atomic mass is 35.5. The van der Waals surface area contributed by atoms with Gasteiger partial charge in [0.1, 0.15) is 0 Å². The van der Waals surface area contributed by atoms with Crippen molar-refractivity contribution in [3.8, 4) is 11.5 Å². The standard InChI is InChI=1S/C19H19ClN4O2/c1-13(18-22-23-19(26-18)14-8-4-3-5-9-14)24(2)12-17(25)21-16-11-7-6-10-15(16)20/h3-11,13H,12H2,1-2H3,(H,21,25)/t13-/m1/s1. The van der Waals surface area contributed by atoms with Crippen LogP contribution >= 0.6 is 11.6 Å². The minimum atomic E-state index is -0.211. The summed E-state index contributed by atoms with van der Waals surface area (Å²) < 4.78 is 5.75. The molecule has 0 aliphatic rings. The average molecular weight is 371 g/mol. The van der Waals surface area contributed by atoms with Crippen LogP contribution < -0.4 is 5.32 Å². The molecule has 0 aliphatic carbocycles. The van der Waals surface area contributed by atoms with Gasteiger partial charge in [-0.25, -0.2) is 0 Å². The van der Waals surface area contributed by atoms with Gasteiger partial charge in [-0.2, -0.15) is 0 Å². The molecule has 134 valence electrons. The molecule has 0 saturated heterocycles. The lowest BCUT2D eigenvalue weighted by molar-refractivity contribution is -0.117. The van der Waals surface area contributed by atoms with Crippen LogP contribution in [0, 0.1) is 0 Å². The summed E-state index contributed by atoms with van der Waals surface area (Å²) in [6, 6.07) is 16.5. The summed E-state index contributed by atoms with van der Waals surface area (Å²) in [5, 5.41) is 11.5. The molecule has 7 heteroatoms. The molecular weight excluding hydrogens is 352 g/mol. The Morgan fingerprint density at radius 1 is 1.15 bits per heavy atom. The van der Waals surface area contributed by atoms with Gasteiger partial charge >= 0.3 is 0 Å². The zero-order chi connectivity index (χ0) is 18.5. The van der Waals surface area contributed by atoms with Crippen LogP contribution in [-0.2, 0) is 4.79 Å². The van der Waals surface area contributed by atoms with Gasteiger partial charge in [-0.1, -0.05) is 41.9 Å². The fourth-order valence-electron chi connectivity index (χ4n) is 2.41.